The molecule has 1 atom stereocenters. The van der Waals surface area contributed by atoms with E-state index in [0.29, 0.717) is 10.2 Å². The molecular formula is C7H14Br2. The van der Waals surface area contributed by atoms with Crippen molar-refractivity contribution in [3.63, 3.8) is 0 Å². The molecule has 9 heavy (non-hydrogen) atoms. The van der Waals surface area contributed by atoms with E-state index in [1.807, 2.05) is 0 Å². The number of halogens is 2. The van der Waals surface area contributed by atoms with Gasteiger partial charge in [0.2, 0.25) is 0 Å². The second kappa shape index (κ2) is 3.97. The Hall–Kier alpha value is 0.960. The van der Waals surface area contributed by atoms with Crippen molar-refractivity contribution in [2.75, 3.05) is 5.33 Å². The van der Waals surface area contributed by atoms with Gasteiger partial charge < -0.3 is 0 Å². The van der Waals surface area contributed by atoms with Gasteiger partial charge in [0, 0.05) is 9.65 Å². The highest BCUT2D eigenvalue weighted by molar-refractivity contribution is 9.12. The van der Waals surface area contributed by atoms with E-state index in [2.05, 4.69) is 52.6 Å². The van der Waals surface area contributed by atoms with Crippen LogP contribution in [0, 0.1) is 5.92 Å². The summed E-state index contributed by atoms with van der Waals surface area (Å²) in [7, 11) is 0. The van der Waals surface area contributed by atoms with Gasteiger partial charge in [-0.3, -0.25) is 0 Å². The molecule has 0 aliphatic heterocycles. The maximum absolute atomic E-state index is 3.70. The molecule has 0 saturated carbocycles. The molecule has 1 unspecified atom stereocenters. The average Bonchev–Trinajstić information content (AvgIpc) is 1.86. The Morgan fingerprint density at radius 1 is 1.44 bits per heavy atom. The molecule has 0 bridgehead atoms. The SMILES string of the molecule is CCC(Br)(CBr)C(C)C. The van der Waals surface area contributed by atoms with Crippen LogP contribution < -0.4 is 0 Å². The number of hydrogen-bond donors (Lipinski definition) is 0. The van der Waals surface area contributed by atoms with Crippen LogP contribution in [0.5, 0.6) is 0 Å². The van der Waals surface area contributed by atoms with Crippen molar-refractivity contribution in [2.45, 2.75) is 31.5 Å². The second-order valence-electron chi connectivity index (χ2n) is 2.68. The van der Waals surface area contributed by atoms with Gasteiger partial charge in [0.25, 0.3) is 0 Å². The molecule has 0 N–H and O–H groups in total. The van der Waals surface area contributed by atoms with Crippen LogP contribution in [-0.2, 0) is 0 Å². The van der Waals surface area contributed by atoms with Crippen LogP contribution >= 0.6 is 31.9 Å². The summed E-state index contributed by atoms with van der Waals surface area (Å²) in [6.07, 6.45) is 1.18. The van der Waals surface area contributed by atoms with Crippen LogP contribution in [-0.4, -0.2) is 9.65 Å². The third-order valence-electron chi connectivity index (χ3n) is 1.84. The lowest BCUT2D eigenvalue weighted by Crippen LogP contribution is -2.28. The van der Waals surface area contributed by atoms with Gasteiger partial charge in [-0.2, -0.15) is 0 Å². The van der Waals surface area contributed by atoms with Crippen LogP contribution in [0.2, 0.25) is 0 Å². The zero-order valence-electron chi connectivity index (χ0n) is 6.25. The molecule has 2 heteroatoms. The van der Waals surface area contributed by atoms with Crippen molar-refractivity contribution in [1.29, 1.82) is 0 Å². The molecule has 0 radical (unpaired) electrons. The molecular weight excluding hydrogens is 244 g/mol. The van der Waals surface area contributed by atoms with Gasteiger partial charge in [0.05, 0.1) is 0 Å². The van der Waals surface area contributed by atoms with Crippen LogP contribution in [0.15, 0.2) is 0 Å². The molecule has 0 aliphatic carbocycles. The fourth-order valence-electron chi connectivity index (χ4n) is 0.657. The van der Waals surface area contributed by atoms with Crippen molar-refractivity contribution in [2.24, 2.45) is 5.92 Å². The monoisotopic (exact) mass is 256 g/mol. The molecule has 0 nitrogen and oxygen atoms in total. The first-order chi connectivity index (χ1) is 4.06. The van der Waals surface area contributed by atoms with Gasteiger partial charge in [-0.05, 0) is 12.3 Å². The van der Waals surface area contributed by atoms with Gasteiger partial charge >= 0.3 is 0 Å². The summed E-state index contributed by atoms with van der Waals surface area (Å²) in [5.74, 6) is 0.696. The lowest BCUT2D eigenvalue weighted by molar-refractivity contribution is 0.474. The summed E-state index contributed by atoms with van der Waals surface area (Å²) >= 11 is 7.19. The Balaban J connectivity index is 3.92. The average molecular weight is 258 g/mol. The Morgan fingerprint density at radius 2 is 1.89 bits per heavy atom. The van der Waals surface area contributed by atoms with E-state index in [-0.39, 0.29) is 0 Å². The maximum Gasteiger partial charge on any atom is 0.0374 e. The fourth-order valence-corrected chi connectivity index (χ4v) is 1.70. The lowest BCUT2D eigenvalue weighted by Gasteiger charge is -2.27. The Morgan fingerprint density at radius 3 is 1.89 bits per heavy atom. The molecule has 0 saturated heterocycles. The summed E-state index contributed by atoms with van der Waals surface area (Å²) < 4.78 is 0.312. The second-order valence-corrected chi connectivity index (χ2v) is 4.82. The zero-order chi connectivity index (χ0) is 7.49. The highest BCUT2D eigenvalue weighted by Gasteiger charge is 2.26. The number of rotatable bonds is 3. The third-order valence-corrected chi connectivity index (χ3v) is 5.35. The highest BCUT2D eigenvalue weighted by Crippen LogP contribution is 2.32. The molecule has 0 heterocycles. The van der Waals surface area contributed by atoms with Crippen LogP contribution in [0.4, 0.5) is 0 Å². The van der Waals surface area contributed by atoms with E-state index in [4.69, 9.17) is 0 Å². The zero-order valence-corrected chi connectivity index (χ0v) is 9.42. The number of alkyl halides is 2. The van der Waals surface area contributed by atoms with Gasteiger partial charge in [0.15, 0.2) is 0 Å². The summed E-state index contributed by atoms with van der Waals surface area (Å²) in [6.45, 7) is 6.68. The van der Waals surface area contributed by atoms with Crippen molar-refractivity contribution >= 4 is 31.9 Å². The minimum absolute atomic E-state index is 0.312. The first-order valence-electron chi connectivity index (χ1n) is 3.31. The minimum Gasteiger partial charge on any atom is -0.0913 e. The van der Waals surface area contributed by atoms with E-state index in [9.17, 15) is 0 Å². The molecule has 0 fully saturated rings. The third kappa shape index (κ3) is 2.58. The van der Waals surface area contributed by atoms with Crippen molar-refractivity contribution < 1.29 is 0 Å². The first-order valence-corrected chi connectivity index (χ1v) is 5.23. The molecule has 0 aliphatic rings. The van der Waals surface area contributed by atoms with Gasteiger partial charge in [-0.1, -0.05) is 52.6 Å². The van der Waals surface area contributed by atoms with Crippen LogP contribution in [0.25, 0.3) is 0 Å². The Kier molecular flexibility index (Phi) is 4.39. The molecule has 0 rings (SSSR count). The summed E-state index contributed by atoms with van der Waals surface area (Å²) in [5.41, 5.74) is 0. The molecule has 0 aromatic rings. The van der Waals surface area contributed by atoms with Gasteiger partial charge in [-0.15, -0.1) is 0 Å². The fraction of sp³-hybridized carbons (Fsp3) is 1.00. The smallest absolute Gasteiger partial charge is 0.0374 e. The molecule has 0 spiro atoms. The molecule has 0 aromatic heterocycles. The van der Waals surface area contributed by atoms with E-state index >= 15 is 0 Å². The lowest BCUT2D eigenvalue weighted by atomic mass is 9.95. The first kappa shape index (κ1) is 9.96. The Bertz CT molecular complexity index is 75.0. The van der Waals surface area contributed by atoms with Crippen LogP contribution in [0.3, 0.4) is 0 Å². The molecule has 0 aromatic carbocycles. The predicted octanol–water partition coefficient (Wildman–Crippen LogP) is 3.58. The summed E-state index contributed by atoms with van der Waals surface area (Å²) in [5, 5.41) is 1.04. The standard InChI is InChI=1S/C7H14Br2/c1-4-7(9,5-8)6(2)3/h6H,4-5H2,1-3H3. The number of hydrogen-bond acceptors (Lipinski definition) is 0. The maximum atomic E-state index is 3.70. The molecule has 0 amide bonds. The Labute approximate surface area is 74.7 Å². The highest BCUT2D eigenvalue weighted by atomic mass is 79.9. The molecule has 56 valence electrons. The van der Waals surface area contributed by atoms with E-state index in [1.54, 1.807) is 0 Å². The summed E-state index contributed by atoms with van der Waals surface area (Å²) in [6, 6.07) is 0. The predicted molar refractivity (Wildman–Crippen MR) is 50.6 cm³/mol. The van der Waals surface area contributed by atoms with Crippen LogP contribution in [0.1, 0.15) is 27.2 Å². The van der Waals surface area contributed by atoms with Gasteiger partial charge in [0.1, 0.15) is 0 Å². The van der Waals surface area contributed by atoms with Crippen molar-refractivity contribution in [3.05, 3.63) is 0 Å². The van der Waals surface area contributed by atoms with Crippen molar-refractivity contribution in [3.8, 4) is 0 Å². The quantitative estimate of drug-likeness (QED) is 0.678. The minimum atomic E-state index is 0.312. The topological polar surface area (TPSA) is 0 Å². The normalized spacial score (nSPS) is 18.0. The summed E-state index contributed by atoms with van der Waals surface area (Å²) in [4.78, 5) is 0. The van der Waals surface area contributed by atoms with Gasteiger partial charge in [-0.25, -0.2) is 0 Å². The van der Waals surface area contributed by atoms with Crippen molar-refractivity contribution in [1.82, 2.24) is 0 Å². The largest absolute Gasteiger partial charge is 0.0913 e. The van der Waals surface area contributed by atoms with E-state index < -0.39 is 0 Å². The van der Waals surface area contributed by atoms with E-state index in [0.717, 1.165) is 5.33 Å². The van der Waals surface area contributed by atoms with E-state index in [1.165, 1.54) is 6.42 Å².